The topological polar surface area (TPSA) is 50.1 Å². The van der Waals surface area contributed by atoms with Crippen molar-refractivity contribution in [3.8, 4) is 0 Å². The maximum atomic E-state index is 11.9. The average Bonchev–Trinajstić information content (AvgIpc) is 2.61. The SMILES string of the molecule is CCC12C(=N)C=C([O-])N1C=Cc1ccccc12.[K+]. The van der Waals surface area contributed by atoms with Crippen LogP contribution in [0.5, 0.6) is 0 Å². The summed E-state index contributed by atoms with van der Waals surface area (Å²) >= 11 is 0. The summed E-state index contributed by atoms with van der Waals surface area (Å²) < 4.78 is 0. The minimum absolute atomic E-state index is 0. The van der Waals surface area contributed by atoms with Crippen LogP contribution < -0.4 is 56.5 Å². The van der Waals surface area contributed by atoms with E-state index in [1.807, 2.05) is 37.3 Å². The molecule has 86 valence electrons. The third-order valence-electron chi connectivity index (χ3n) is 3.68. The van der Waals surface area contributed by atoms with Crippen LogP contribution in [0.2, 0.25) is 0 Å². The Hall–Kier alpha value is -0.394. The summed E-state index contributed by atoms with van der Waals surface area (Å²) in [5.41, 5.74) is 1.96. The molecule has 2 aliphatic heterocycles. The Morgan fingerprint density at radius 2 is 2.06 bits per heavy atom. The maximum Gasteiger partial charge on any atom is 1.00 e. The first-order chi connectivity index (χ1) is 8.20. The van der Waals surface area contributed by atoms with E-state index in [4.69, 9.17) is 5.41 Å². The Labute approximate surface area is 149 Å². The van der Waals surface area contributed by atoms with Crippen LogP contribution in [0.15, 0.2) is 42.4 Å². The summed E-state index contributed by atoms with van der Waals surface area (Å²) in [6, 6.07) is 7.98. The Kier molecular flexibility index (Phi) is 3.85. The van der Waals surface area contributed by atoms with Gasteiger partial charge in [-0.25, -0.2) is 0 Å². The zero-order valence-electron chi connectivity index (χ0n) is 10.6. The van der Waals surface area contributed by atoms with Gasteiger partial charge in [0.2, 0.25) is 0 Å². The van der Waals surface area contributed by atoms with Crippen molar-refractivity contribution in [1.82, 2.24) is 4.90 Å². The van der Waals surface area contributed by atoms with Crippen molar-refractivity contribution in [1.29, 1.82) is 5.41 Å². The molecule has 0 aromatic heterocycles. The van der Waals surface area contributed by atoms with Crippen molar-refractivity contribution in [3.05, 3.63) is 53.6 Å². The van der Waals surface area contributed by atoms with Crippen LogP contribution in [0.4, 0.5) is 0 Å². The van der Waals surface area contributed by atoms with Gasteiger partial charge in [-0.1, -0.05) is 31.2 Å². The summed E-state index contributed by atoms with van der Waals surface area (Å²) in [7, 11) is 0. The van der Waals surface area contributed by atoms with E-state index in [1.54, 1.807) is 11.1 Å². The van der Waals surface area contributed by atoms with Gasteiger partial charge in [-0.3, -0.25) is 0 Å². The fraction of sp³-hybridized carbons (Fsp3) is 0.214. The van der Waals surface area contributed by atoms with E-state index in [9.17, 15) is 5.11 Å². The molecule has 0 aliphatic carbocycles. The van der Waals surface area contributed by atoms with Crippen LogP contribution in [-0.4, -0.2) is 10.6 Å². The molecule has 0 saturated carbocycles. The van der Waals surface area contributed by atoms with E-state index in [1.165, 1.54) is 6.08 Å². The number of fused-ring (bicyclic) bond motifs is 3. The fourth-order valence-corrected chi connectivity index (χ4v) is 2.83. The normalized spacial score (nSPS) is 24.2. The van der Waals surface area contributed by atoms with Crippen LogP contribution in [0.3, 0.4) is 0 Å². The monoisotopic (exact) mass is 264 g/mol. The molecule has 0 bridgehead atoms. The first kappa shape index (κ1) is 14.0. The third-order valence-corrected chi connectivity index (χ3v) is 3.68. The molecule has 2 heterocycles. The standard InChI is InChI=1S/C14H14N2O.K/c1-2-14-11-6-4-3-5-10(11)7-8-16(14)13(17)9-12(14)15;/h3-9,15,17H,2H2,1H3;/q;+1/p-1. The van der Waals surface area contributed by atoms with E-state index < -0.39 is 5.54 Å². The quantitative estimate of drug-likeness (QED) is 0.649. The van der Waals surface area contributed by atoms with Gasteiger partial charge in [-0.05, 0) is 35.6 Å². The van der Waals surface area contributed by atoms with Gasteiger partial charge in [0, 0.05) is 6.20 Å². The Morgan fingerprint density at radius 1 is 1.33 bits per heavy atom. The maximum absolute atomic E-state index is 11.9. The molecule has 3 rings (SSSR count). The molecule has 1 aromatic carbocycles. The summed E-state index contributed by atoms with van der Waals surface area (Å²) in [4.78, 5) is 1.68. The molecule has 2 aliphatic rings. The molecule has 0 spiro atoms. The van der Waals surface area contributed by atoms with Crippen molar-refractivity contribution in [2.75, 3.05) is 0 Å². The predicted octanol–water partition coefficient (Wildman–Crippen LogP) is -1.18. The number of hydrogen-bond acceptors (Lipinski definition) is 3. The minimum atomic E-state index is -0.581. The minimum Gasteiger partial charge on any atom is -0.860 e. The van der Waals surface area contributed by atoms with Crippen LogP contribution in [-0.2, 0) is 5.54 Å². The summed E-state index contributed by atoms with van der Waals surface area (Å²) in [6.07, 6.45) is 5.88. The molecule has 18 heavy (non-hydrogen) atoms. The predicted molar refractivity (Wildman–Crippen MR) is 65.1 cm³/mol. The molecule has 1 unspecified atom stereocenters. The number of nitrogens with one attached hydrogen (secondary N) is 1. The van der Waals surface area contributed by atoms with Gasteiger partial charge in [0.1, 0.15) is 5.54 Å². The second kappa shape index (κ2) is 4.94. The largest absolute Gasteiger partial charge is 1.00 e. The molecular weight excluding hydrogens is 251 g/mol. The molecule has 3 nitrogen and oxygen atoms in total. The number of nitrogens with zero attached hydrogens (tertiary/aromatic N) is 1. The number of hydrogen-bond donors (Lipinski definition) is 1. The van der Waals surface area contributed by atoms with Gasteiger partial charge in [-0.15, -0.1) is 0 Å². The zero-order valence-corrected chi connectivity index (χ0v) is 13.7. The van der Waals surface area contributed by atoms with Crippen LogP contribution in [0.25, 0.3) is 6.08 Å². The van der Waals surface area contributed by atoms with E-state index in [0.717, 1.165) is 17.5 Å². The molecule has 0 amide bonds. The second-order valence-electron chi connectivity index (χ2n) is 4.38. The molecular formula is C14H13KN2O. The van der Waals surface area contributed by atoms with Gasteiger partial charge in [0.15, 0.2) is 0 Å². The van der Waals surface area contributed by atoms with Gasteiger partial charge in [0.25, 0.3) is 0 Å². The van der Waals surface area contributed by atoms with Gasteiger partial charge in [0.05, 0.1) is 5.71 Å². The Morgan fingerprint density at radius 3 is 2.78 bits per heavy atom. The summed E-state index contributed by atoms with van der Waals surface area (Å²) in [5.74, 6) is -0.0948. The van der Waals surface area contributed by atoms with E-state index >= 15 is 0 Å². The van der Waals surface area contributed by atoms with Crippen LogP contribution in [0.1, 0.15) is 24.5 Å². The molecule has 0 fully saturated rings. The van der Waals surface area contributed by atoms with Crippen molar-refractivity contribution >= 4 is 11.8 Å². The zero-order chi connectivity index (χ0) is 12.0. The molecule has 0 radical (unpaired) electrons. The van der Waals surface area contributed by atoms with Crippen molar-refractivity contribution in [2.24, 2.45) is 0 Å². The van der Waals surface area contributed by atoms with E-state index in [-0.39, 0.29) is 57.3 Å². The van der Waals surface area contributed by atoms with Crippen LogP contribution in [0, 0.1) is 5.41 Å². The van der Waals surface area contributed by atoms with Crippen molar-refractivity contribution in [2.45, 2.75) is 18.9 Å². The molecule has 0 saturated heterocycles. The smallest absolute Gasteiger partial charge is 0.860 e. The van der Waals surface area contributed by atoms with Crippen LogP contribution >= 0.6 is 0 Å². The average molecular weight is 264 g/mol. The second-order valence-corrected chi connectivity index (χ2v) is 4.38. The molecule has 1 N–H and O–H groups in total. The van der Waals surface area contributed by atoms with Crippen molar-refractivity contribution < 1.29 is 56.5 Å². The number of benzene rings is 1. The number of rotatable bonds is 1. The van der Waals surface area contributed by atoms with Gasteiger partial charge < -0.3 is 15.4 Å². The molecule has 1 aromatic rings. The van der Waals surface area contributed by atoms with E-state index in [2.05, 4.69) is 0 Å². The third kappa shape index (κ3) is 1.67. The summed E-state index contributed by atoms with van der Waals surface area (Å²) in [6.45, 7) is 2.02. The first-order valence-electron chi connectivity index (χ1n) is 5.75. The van der Waals surface area contributed by atoms with Crippen molar-refractivity contribution in [3.63, 3.8) is 0 Å². The fourth-order valence-electron chi connectivity index (χ4n) is 2.83. The first-order valence-corrected chi connectivity index (χ1v) is 5.75. The van der Waals surface area contributed by atoms with E-state index in [0.29, 0.717) is 5.71 Å². The van der Waals surface area contributed by atoms with Gasteiger partial charge in [-0.2, -0.15) is 0 Å². The molecule has 1 atom stereocenters. The summed E-state index contributed by atoms with van der Waals surface area (Å²) in [5, 5.41) is 20.0. The Bertz CT molecular complexity index is 565. The Balaban J connectivity index is 0.00000120. The molecule has 4 heteroatoms. The van der Waals surface area contributed by atoms with Gasteiger partial charge >= 0.3 is 51.4 Å².